The molecular weight excluding hydrogens is 212 g/mol. The average Bonchev–Trinajstić information content (AvgIpc) is 2.33. The Kier molecular flexibility index (Phi) is 2.31. The van der Waals surface area contributed by atoms with E-state index in [1.165, 1.54) is 0 Å². The molecule has 0 radical (unpaired) electrons. The molecule has 0 spiro atoms. The first-order valence-corrected chi connectivity index (χ1v) is 3.73. The molecule has 0 bridgehead atoms. The number of carboxylic acids is 1. The molecule has 11 heavy (non-hydrogen) atoms. The van der Waals surface area contributed by atoms with Crippen LogP contribution >= 0.6 is 15.9 Å². The third-order valence-corrected chi connectivity index (χ3v) is 1.99. The maximum Gasteiger partial charge on any atom is 0.326 e. The van der Waals surface area contributed by atoms with Crippen LogP contribution in [0.3, 0.4) is 0 Å². The zero-order valence-corrected chi connectivity index (χ0v) is 7.13. The van der Waals surface area contributed by atoms with Gasteiger partial charge in [0.2, 0.25) is 0 Å². The van der Waals surface area contributed by atoms with Gasteiger partial charge in [-0.1, -0.05) is 0 Å². The number of hydrogen-bond acceptors (Lipinski definition) is 2. The highest BCUT2D eigenvalue weighted by molar-refractivity contribution is 9.10. The van der Waals surface area contributed by atoms with Gasteiger partial charge in [-0.05, 0) is 22.0 Å². The van der Waals surface area contributed by atoms with Gasteiger partial charge >= 0.3 is 5.97 Å². The number of nitrogens with one attached hydrogen (secondary N) is 1. The molecule has 1 atom stereocenters. The third kappa shape index (κ3) is 1.61. The summed E-state index contributed by atoms with van der Waals surface area (Å²) in [5.74, 6) is -1.05. The van der Waals surface area contributed by atoms with Crippen molar-refractivity contribution in [1.29, 1.82) is 0 Å². The number of aromatic amines is 1. The number of hydrogen-bond donors (Lipinski definition) is 3. The highest BCUT2D eigenvalue weighted by Crippen LogP contribution is 2.19. The van der Waals surface area contributed by atoms with Crippen molar-refractivity contribution in [2.24, 2.45) is 5.73 Å². The molecule has 1 aromatic rings. The van der Waals surface area contributed by atoms with Crippen molar-refractivity contribution >= 4 is 21.9 Å². The smallest absolute Gasteiger partial charge is 0.326 e. The van der Waals surface area contributed by atoms with E-state index in [9.17, 15) is 4.79 Å². The third-order valence-electron chi connectivity index (χ3n) is 1.30. The Bertz CT molecular complexity index is 271. The lowest BCUT2D eigenvalue weighted by molar-refractivity contribution is -0.138. The molecule has 1 rings (SSSR count). The predicted molar refractivity (Wildman–Crippen MR) is 43.1 cm³/mol. The van der Waals surface area contributed by atoms with Gasteiger partial charge in [0, 0.05) is 10.7 Å². The predicted octanol–water partition coefficient (Wildman–Crippen LogP) is 0.862. The molecule has 60 valence electrons. The zero-order chi connectivity index (χ0) is 8.43. The van der Waals surface area contributed by atoms with E-state index < -0.39 is 12.0 Å². The fourth-order valence-corrected chi connectivity index (χ4v) is 1.22. The van der Waals surface area contributed by atoms with Crippen molar-refractivity contribution in [3.8, 4) is 0 Å². The summed E-state index contributed by atoms with van der Waals surface area (Å²) < 4.78 is 0.687. The van der Waals surface area contributed by atoms with Crippen molar-refractivity contribution in [2.45, 2.75) is 6.04 Å². The molecule has 0 saturated heterocycles. The minimum Gasteiger partial charge on any atom is -0.480 e. The van der Waals surface area contributed by atoms with E-state index in [0.29, 0.717) is 10.2 Å². The molecule has 0 amide bonds. The maximum atomic E-state index is 10.4. The van der Waals surface area contributed by atoms with Crippen LogP contribution in [-0.4, -0.2) is 16.1 Å². The Hall–Kier alpha value is -0.810. The summed E-state index contributed by atoms with van der Waals surface area (Å²) in [6, 6.07) is 0.720. The minimum atomic E-state index is -1.05. The van der Waals surface area contributed by atoms with Gasteiger partial charge in [-0.15, -0.1) is 0 Å². The van der Waals surface area contributed by atoms with E-state index in [1.807, 2.05) is 0 Å². The fourth-order valence-electron chi connectivity index (χ4n) is 0.725. The van der Waals surface area contributed by atoms with Crippen LogP contribution < -0.4 is 5.73 Å². The van der Waals surface area contributed by atoms with E-state index in [1.54, 1.807) is 12.3 Å². The molecule has 0 saturated carbocycles. The first kappa shape index (κ1) is 8.29. The highest BCUT2D eigenvalue weighted by atomic mass is 79.9. The van der Waals surface area contributed by atoms with Gasteiger partial charge in [-0.25, -0.2) is 0 Å². The zero-order valence-electron chi connectivity index (χ0n) is 5.54. The second-order valence-corrected chi connectivity index (χ2v) is 2.91. The first-order chi connectivity index (χ1) is 5.13. The molecule has 4 nitrogen and oxygen atoms in total. The molecule has 5 heteroatoms. The largest absolute Gasteiger partial charge is 0.480 e. The molecule has 4 N–H and O–H groups in total. The number of carbonyl (C=O) groups is 1. The summed E-state index contributed by atoms with van der Waals surface area (Å²) in [6.07, 6.45) is 1.63. The molecule has 1 heterocycles. The molecule has 0 aromatic carbocycles. The van der Waals surface area contributed by atoms with Crippen molar-refractivity contribution < 1.29 is 9.90 Å². The van der Waals surface area contributed by atoms with Crippen LogP contribution in [-0.2, 0) is 4.79 Å². The topological polar surface area (TPSA) is 79.1 Å². The van der Waals surface area contributed by atoms with Crippen molar-refractivity contribution in [3.63, 3.8) is 0 Å². The van der Waals surface area contributed by atoms with Gasteiger partial charge < -0.3 is 15.8 Å². The SMILES string of the molecule is NC(C(=O)O)c1[nH]ccc1Br. The average molecular weight is 219 g/mol. The van der Waals surface area contributed by atoms with Crippen LogP contribution in [0.2, 0.25) is 0 Å². The van der Waals surface area contributed by atoms with Crippen LogP contribution in [0.1, 0.15) is 11.7 Å². The fraction of sp³-hybridized carbons (Fsp3) is 0.167. The van der Waals surface area contributed by atoms with Crippen LogP contribution in [0.15, 0.2) is 16.7 Å². The number of halogens is 1. The molecule has 0 fully saturated rings. The van der Waals surface area contributed by atoms with E-state index in [0.717, 1.165) is 0 Å². The summed E-state index contributed by atoms with van der Waals surface area (Å²) in [7, 11) is 0. The van der Waals surface area contributed by atoms with Crippen molar-refractivity contribution in [3.05, 3.63) is 22.4 Å². The molecule has 1 unspecified atom stereocenters. The minimum absolute atomic E-state index is 0.484. The maximum absolute atomic E-state index is 10.4. The number of H-pyrrole nitrogens is 1. The summed E-state index contributed by atoms with van der Waals surface area (Å²) in [4.78, 5) is 13.1. The lowest BCUT2D eigenvalue weighted by Crippen LogP contribution is -2.21. The van der Waals surface area contributed by atoms with Crippen LogP contribution in [0, 0.1) is 0 Å². The normalized spacial score (nSPS) is 12.9. The highest BCUT2D eigenvalue weighted by Gasteiger charge is 2.17. The monoisotopic (exact) mass is 218 g/mol. The van der Waals surface area contributed by atoms with Crippen LogP contribution in [0.5, 0.6) is 0 Å². The van der Waals surface area contributed by atoms with Crippen molar-refractivity contribution in [2.75, 3.05) is 0 Å². The standard InChI is InChI=1S/C6H7BrN2O2/c7-3-1-2-9-5(3)4(8)6(10)11/h1-2,4,9H,8H2,(H,10,11). The molecule has 0 aliphatic carbocycles. The molecule has 0 aliphatic heterocycles. The van der Waals surface area contributed by atoms with Gasteiger partial charge in [0.05, 0.1) is 5.69 Å². The number of aromatic nitrogens is 1. The van der Waals surface area contributed by atoms with Crippen molar-refractivity contribution in [1.82, 2.24) is 4.98 Å². The summed E-state index contributed by atoms with van der Waals surface area (Å²) in [5, 5.41) is 8.51. The Morgan fingerprint density at radius 2 is 2.45 bits per heavy atom. The Balaban J connectivity index is 2.92. The lowest BCUT2D eigenvalue weighted by atomic mass is 10.2. The molecule has 1 aromatic heterocycles. The second kappa shape index (κ2) is 3.06. The van der Waals surface area contributed by atoms with Gasteiger partial charge in [0.1, 0.15) is 6.04 Å². The first-order valence-electron chi connectivity index (χ1n) is 2.94. The second-order valence-electron chi connectivity index (χ2n) is 2.06. The van der Waals surface area contributed by atoms with Gasteiger partial charge in [0.15, 0.2) is 0 Å². The summed E-state index contributed by atoms with van der Waals surface area (Å²) in [6.45, 7) is 0. The Labute approximate surface area is 71.5 Å². The quantitative estimate of drug-likeness (QED) is 0.690. The summed E-state index contributed by atoms with van der Waals surface area (Å²) in [5.41, 5.74) is 5.81. The van der Waals surface area contributed by atoms with Gasteiger partial charge in [-0.2, -0.15) is 0 Å². The lowest BCUT2D eigenvalue weighted by Gasteiger charge is -2.03. The van der Waals surface area contributed by atoms with E-state index in [-0.39, 0.29) is 0 Å². The number of rotatable bonds is 2. The van der Waals surface area contributed by atoms with E-state index in [4.69, 9.17) is 10.8 Å². The number of aliphatic carboxylic acids is 1. The van der Waals surface area contributed by atoms with Gasteiger partial charge in [0.25, 0.3) is 0 Å². The number of carboxylic acid groups (broad SMARTS) is 1. The van der Waals surface area contributed by atoms with Gasteiger partial charge in [-0.3, -0.25) is 4.79 Å². The van der Waals surface area contributed by atoms with Crippen LogP contribution in [0.25, 0.3) is 0 Å². The molecular formula is C6H7BrN2O2. The van der Waals surface area contributed by atoms with Crippen LogP contribution in [0.4, 0.5) is 0 Å². The van der Waals surface area contributed by atoms with E-state index in [2.05, 4.69) is 20.9 Å². The summed E-state index contributed by atoms with van der Waals surface area (Å²) >= 11 is 3.16. The van der Waals surface area contributed by atoms with E-state index >= 15 is 0 Å². The Morgan fingerprint density at radius 1 is 1.82 bits per heavy atom. The molecule has 0 aliphatic rings. The number of nitrogens with two attached hydrogens (primary N) is 1. The Morgan fingerprint density at radius 3 is 2.82 bits per heavy atom.